The summed E-state index contributed by atoms with van der Waals surface area (Å²) in [5, 5.41) is 14.8. The van der Waals surface area contributed by atoms with Crippen molar-refractivity contribution in [3.8, 4) is 5.75 Å². The summed E-state index contributed by atoms with van der Waals surface area (Å²) in [6.07, 6.45) is 5.44. The van der Waals surface area contributed by atoms with Gasteiger partial charge in [0.1, 0.15) is 5.75 Å². The van der Waals surface area contributed by atoms with Crippen LogP contribution < -0.4 is 10.1 Å². The molecule has 2 aliphatic rings. The van der Waals surface area contributed by atoms with E-state index < -0.39 is 0 Å². The second-order valence-corrected chi connectivity index (χ2v) is 6.70. The highest BCUT2D eigenvalue weighted by atomic mass is 16.6. The predicted molar refractivity (Wildman–Crippen MR) is 97.2 cm³/mol. The predicted octanol–water partition coefficient (Wildman–Crippen LogP) is 4.74. The molecular weight excluding hydrogens is 316 g/mol. The van der Waals surface area contributed by atoms with Crippen molar-refractivity contribution in [1.82, 2.24) is 0 Å². The van der Waals surface area contributed by atoms with E-state index in [1.165, 1.54) is 17.2 Å². The second kappa shape index (κ2) is 5.92. The Kier molecular flexibility index (Phi) is 3.71. The molecule has 0 spiro atoms. The van der Waals surface area contributed by atoms with Crippen LogP contribution >= 0.6 is 0 Å². The van der Waals surface area contributed by atoms with Gasteiger partial charge in [-0.3, -0.25) is 10.1 Å². The fourth-order valence-electron chi connectivity index (χ4n) is 4.20. The number of benzene rings is 2. The van der Waals surface area contributed by atoms with Gasteiger partial charge in [0.2, 0.25) is 0 Å². The molecule has 0 aromatic heterocycles. The number of nitro benzene ring substituents is 1. The fourth-order valence-corrected chi connectivity index (χ4v) is 4.20. The number of anilines is 1. The van der Waals surface area contributed by atoms with Gasteiger partial charge in [0.25, 0.3) is 5.69 Å². The first-order chi connectivity index (χ1) is 12.1. The summed E-state index contributed by atoms with van der Waals surface area (Å²) in [6, 6.07) is 11.0. The Labute approximate surface area is 146 Å². The van der Waals surface area contributed by atoms with Gasteiger partial charge in [0, 0.05) is 18.1 Å². The molecule has 5 heteroatoms. The lowest BCUT2D eigenvalue weighted by Crippen LogP contribution is -2.30. The number of methoxy groups -OCH3 is 1. The molecule has 0 radical (unpaired) electrons. The molecule has 0 saturated carbocycles. The number of allylic oxidation sites excluding steroid dienone is 2. The minimum atomic E-state index is -0.338. The van der Waals surface area contributed by atoms with Gasteiger partial charge in [-0.05, 0) is 42.0 Å². The number of rotatable bonds is 3. The van der Waals surface area contributed by atoms with Crippen LogP contribution in [0.4, 0.5) is 11.4 Å². The summed E-state index contributed by atoms with van der Waals surface area (Å²) in [5.74, 6) is 1.46. The molecule has 3 atom stereocenters. The number of ether oxygens (including phenoxy) is 1. The van der Waals surface area contributed by atoms with Gasteiger partial charge < -0.3 is 10.1 Å². The van der Waals surface area contributed by atoms with Gasteiger partial charge >= 0.3 is 0 Å². The number of non-ortho nitro benzene ring substituents is 1. The van der Waals surface area contributed by atoms with Crippen molar-refractivity contribution in [2.75, 3.05) is 12.4 Å². The topological polar surface area (TPSA) is 64.4 Å². The molecule has 2 aromatic carbocycles. The van der Waals surface area contributed by atoms with Crippen molar-refractivity contribution < 1.29 is 9.66 Å². The van der Waals surface area contributed by atoms with E-state index in [1.807, 2.05) is 12.1 Å². The standard InChI is InChI=1S/C20H20N2O3/c1-12-9-10-17(25-2)20-18(12)15-7-4-8-16(15)19(21-20)13-5-3-6-14(11-13)22(23)24/h3-7,9-11,15-16,19,21H,8H2,1-2H3/t15-,16-,19-/m1/s1. The molecule has 2 aromatic rings. The molecule has 0 fully saturated rings. The average molecular weight is 336 g/mol. The van der Waals surface area contributed by atoms with Gasteiger partial charge in [0.15, 0.2) is 0 Å². The van der Waals surface area contributed by atoms with Crippen LogP contribution in [0.25, 0.3) is 0 Å². The molecule has 25 heavy (non-hydrogen) atoms. The highest BCUT2D eigenvalue weighted by Gasteiger charge is 2.40. The van der Waals surface area contributed by atoms with Crippen LogP contribution in [0, 0.1) is 23.0 Å². The Morgan fingerprint density at radius 2 is 2.12 bits per heavy atom. The van der Waals surface area contributed by atoms with E-state index in [9.17, 15) is 10.1 Å². The molecule has 1 aliphatic heterocycles. The molecule has 0 bridgehead atoms. The fraction of sp³-hybridized carbons (Fsp3) is 0.300. The third kappa shape index (κ3) is 2.47. The van der Waals surface area contributed by atoms with Crippen molar-refractivity contribution in [3.05, 3.63) is 75.4 Å². The van der Waals surface area contributed by atoms with Crippen LogP contribution in [0.2, 0.25) is 0 Å². The minimum Gasteiger partial charge on any atom is -0.495 e. The Bertz CT molecular complexity index is 875. The monoisotopic (exact) mass is 336 g/mol. The number of nitro groups is 1. The highest BCUT2D eigenvalue weighted by Crippen LogP contribution is 2.53. The number of aryl methyl sites for hydroxylation is 1. The Morgan fingerprint density at radius 3 is 2.88 bits per heavy atom. The maximum atomic E-state index is 11.2. The maximum Gasteiger partial charge on any atom is 0.269 e. The number of hydrogen-bond acceptors (Lipinski definition) is 4. The third-order valence-electron chi connectivity index (χ3n) is 5.36. The van der Waals surface area contributed by atoms with E-state index in [0.29, 0.717) is 11.8 Å². The van der Waals surface area contributed by atoms with Crippen LogP contribution in [-0.2, 0) is 0 Å². The zero-order chi connectivity index (χ0) is 17.6. The second-order valence-electron chi connectivity index (χ2n) is 6.70. The molecule has 0 amide bonds. The van der Waals surface area contributed by atoms with E-state index in [1.54, 1.807) is 19.2 Å². The molecule has 0 unspecified atom stereocenters. The minimum absolute atomic E-state index is 0.0168. The summed E-state index contributed by atoms with van der Waals surface area (Å²) in [5.41, 5.74) is 4.60. The van der Waals surface area contributed by atoms with Crippen molar-refractivity contribution >= 4 is 11.4 Å². The number of nitrogens with one attached hydrogen (secondary N) is 1. The van der Waals surface area contributed by atoms with Crippen LogP contribution in [0.1, 0.15) is 35.1 Å². The van der Waals surface area contributed by atoms with Gasteiger partial charge in [-0.2, -0.15) is 0 Å². The van der Waals surface area contributed by atoms with Crippen molar-refractivity contribution in [2.24, 2.45) is 5.92 Å². The number of fused-ring (bicyclic) bond motifs is 3. The van der Waals surface area contributed by atoms with Gasteiger partial charge in [-0.15, -0.1) is 0 Å². The quantitative estimate of drug-likeness (QED) is 0.499. The highest BCUT2D eigenvalue weighted by molar-refractivity contribution is 5.70. The molecule has 5 nitrogen and oxygen atoms in total. The molecule has 1 heterocycles. The lowest BCUT2D eigenvalue weighted by atomic mass is 9.75. The Balaban J connectivity index is 1.84. The number of nitrogens with zero attached hydrogens (tertiary/aromatic N) is 1. The van der Waals surface area contributed by atoms with E-state index in [2.05, 4.69) is 30.5 Å². The molecule has 128 valence electrons. The first kappa shape index (κ1) is 15.7. The van der Waals surface area contributed by atoms with E-state index >= 15 is 0 Å². The van der Waals surface area contributed by atoms with Gasteiger partial charge in [-0.1, -0.05) is 30.4 Å². The average Bonchev–Trinajstić information content (AvgIpc) is 3.11. The zero-order valence-corrected chi connectivity index (χ0v) is 14.2. The van der Waals surface area contributed by atoms with Crippen LogP contribution in [0.15, 0.2) is 48.6 Å². The molecule has 4 rings (SSSR count). The zero-order valence-electron chi connectivity index (χ0n) is 14.2. The number of hydrogen-bond donors (Lipinski definition) is 1. The summed E-state index contributed by atoms with van der Waals surface area (Å²) in [4.78, 5) is 10.8. The lowest BCUT2D eigenvalue weighted by molar-refractivity contribution is -0.384. The summed E-state index contributed by atoms with van der Waals surface area (Å²) < 4.78 is 5.57. The lowest BCUT2D eigenvalue weighted by Gasteiger charge is -2.39. The summed E-state index contributed by atoms with van der Waals surface area (Å²) in [6.45, 7) is 2.12. The first-order valence-corrected chi connectivity index (χ1v) is 8.45. The first-order valence-electron chi connectivity index (χ1n) is 8.45. The molecule has 1 aliphatic carbocycles. The SMILES string of the molecule is COc1ccc(C)c2c1N[C@H](c1cccc([N+](=O)[O-])c1)[C@@H]1CC=C[C@@H]21. The van der Waals surface area contributed by atoms with E-state index in [0.717, 1.165) is 23.4 Å². The van der Waals surface area contributed by atoms with Crippen LogP contribution in [-0.4, -0.2) is 12.0 Å². The normalized spacial score (nSPS) is 23.5. The van der Waals surface area contributed by atoms with Crippen LogP contribution in [0.5, 0.6) is 5.75 Å². The Morgan fingerprint density at radius 1 is 1.28 bits per heavy atom. The van der Waals surface area contributed by atoms with E-state index in [4.69, 9.17) is 4.74 Å². The van der Waals surface area contributed by atoms with Crippen molar-refractivity contribution in [1.29, 1.82) is 0 Å². The van der Waals surface area contributed by atoms with Gasteiger partial charge in [0.05, 0.1) is 23.8 Å². The molecule has 0 saturated heterocycles. The van der Waals surface area contributed by atoms with Crippen molar-refractivity contribution in [2.45, 2.75) is 25.3 Å². The maximum absolute atomic E-state index is 11.2. The third-order valence-corrected chi connectivity index (χ3v) is 5.36. The largest absolute Gasteiger partial charge is 0.495 e. The molecule has 1 N–H and O–H groups in total. The van der Waals surface area contributed by atoms with Crippen LogP contribution in [0.3, 0.4) is 0 Å². The van der Waals surface area contributed by atoms with E-state index in [-0.39, 0.29) is 16.7 Å². The Hall–Kier alpha value is -2.82. The molecular formula is C20H20N2O3. The summed E-state index contributed by atoms with van der Waals surface area (Å²) in [7, 11) is 1.67. The van der Waals surface area contributed by atoms with Crippen molar-refractivity contribution in [3.63, 3.8) is 0 Å². The summed E-state index contributed by atoms with van der Waals surface area (Å²) >= 11 is 0. The smallest absolute Gasteiger partial charge is 0.269 e. The van der Waals surface area contributed by atoms with Gasteiger partial charge in [-0.25, -0.2) is 0 Å².